The zero-order valence-electron chi connectivity index (χ0n) is 11.4. The van der Waals surface area contributed by atoms with Crippen molar-refractivity contribution in [3.05, 3.63) is 83.4 Å². The Labute approximate surface area is 134 Å². The minimum Gasteiger partial charge on any atom is -0.120 e. The third-order valence-corrected chi connectivity index (χ3v) is 5.69. The summed E-state index contributed by atoms with van der Waals surface area (Å²) in [5, 5.41) is 2.29. The third kappa shape index (κ3) is 1.90. The van der Waals surface area contributed by atoms with Crippen LogP contribution < -0.4 is 0 Å². The van der Waals surface area contributed by atoms with Gasteiger partial charge in [-0.3, -0.25) is 0 Å². The highest BCUT2D eigenvalue weighted by atomic mass is 35.5. The van der Waals surface area contributed by atoms with E-state index in [-0.39, 0.29) is 5.38 Å². The molecule has 0 nitrogen and oxygen atoms in total. The summed E-state index contributed by atoms with van der Waals surface area (Å²) in [4.78, 5) is -0.637. The molecular formula is C19H14Cl2. The number of halogens is 2. The predicted molar refractivity (Wildman–Crippen MR) is 90.4 cm³/mol. The third-order valence-electron chi connectivity index (χ3n) is 4.41. The van der Waals surface area contributed by atoms with Gasteiger partial charge in [0, 0.05) is 0 Å². The molecule has 0 heterocycles. The maximum Gasteiger partial charge on any atom is 0.111 e. The molecule has 0 fully saturated rings. The smallest absolute Gasteiger partial charge is 0.111 e. The van der Waals surface area contributed by atoms with Gasteiger partial charge in [0.2, 0.25) is 0 Å². The van der Waals surface area contributed by atoms with Gasteiger partial charge in [-0.2, -0.15) is 0 Å². The lowest BCUT2D eigenvalue weighted by molar-refractivity contribution is 0.722. The predicted octanol–water partition coefficient (Wildman–Crippen LogP) is 5.49. The van der Waals surface area contributed by atoms with Crippen LogP contribution in [0.4, 0.5) is 0 Å². The van der Waals surface area contributed by atoms with Crippen LogP contribution in [0.3, 0.4) is 0 Å². The van der Waals surface area contributed by atoms with Crippen LogP contribution >= 0.6 is 23.2 Å². The van der Waals surface area contributed by atoms with E-state index in [4.69, 9.17) is 23.2 Å². The van der Waals surface area contributed by atoms with Crippen LogP contribution in [-0.4, -0.2) is 5.38 Å². The van der Waals surface area contributed by atoms with Gasteiger partial charge in [-0.15, -0.1) is 23.2 Å². The molecule has 0 unspecified atom stereocenters. The average Bonchev–Trinajstić information content (AvgIpc) is 2.79. The fourth-order valence-electron chi connectivity index (χ4n) is 3.31. The second-order valence-electron chi connectivity index (χ2n) is 5.60. The number of benzene rings is 3. The van der Waals surface area contributed by atoms with Gasteiger partial charge in [0.15, 0.2) is 0 Å². The first-order valence-corrected chi connectivity index (χ1v) is 7.91. The minimum atomic E-state index is -0.637. The van der Waals surface area contributed by atoms with Crippen molar-refractivity contribution in [3.63, 3.8) is 0 Å². The molecule has 0 spiro atoms. The molecule has 0 bridgehead atoms. The summed E-state index contributed by atoms with van der Waals surface area (Å²) in [6.45, 7) is 0. The Hall–Kier alpha value is -1.50. The van der Waals surface area contributed by atoms with Crippen molar-refractivity contribution < 1.29 is 0 Å². The lowest BCUT2D eigenvalue weighted by atomic mass is 9.90. The molecule has 0 amide bonds. The molecule has 0 aromatic heterocycles. The van der Waals surface area contributed by atoms with Crippen molar-refractivity contribution in [3.8, 4) is 0 Å². The SMILES string of the molecule is Cl[C@H]1Cc2ccccc2[C@]1(Cl)c1ccc2ccccc2c1. The van der Waals surface area contributed by atoms with Gasteiger partial charge in [-0.1, -0.05) is 60.7 Å². The van der Waals surface area contributed by atoms with E-state index in [1.807, 2.05) is 24.3 Å². The van der Waals surface area contributed by atoms with Crippen LogP contribution in [0.1, 0.15) is 16.7 Å². The van der Waals surface area contributed by atoms with Crippen molar-refractivity contribution in [2.24, 2.45) is 0 Å². The van der Waals surface area contributed by atoms with Gasteiger partial charge in [-0.05, 0) is 39.9 Å². The number of hydrogen-bond acceptors (Lipinski definition) is 0. The zero-order chi connectivity index (χ0) is 14.4. The van der Waals surface area contributed by atoms with E-state index < -0.39 is 4.87 Å². The van der Waals surface area contributed by atoms with Crippen LogP contribution in [0.5, 0.6) is 0 Å². The van der Waals surface area contributed by atoms with E-state index in [0.29, 0.717) is 0 Å². The molecule has 0 N–H and O–H groups in total. The summed E-state index contributed by atoms with van der Waals surface area (Å²) in [6, 6.07) is 23.0. The highest BCUT2D eigenvalue weighted by Crippen LogP contribution is 2.50. The van der Waals surface area contributed by atoms with Crippen molar-refractivity contribution in [1.82, 2.24) is 0 Å². The van der Waals surface area contributed by atoms with E-state index in [2.05, 4.69) is 42.5 Å². The molecule has 3 aromatic rings. The molecule has 0 radical (unpaired) electrons. The van der Waals surface area contributed by atoms with Crippen molar-refractivity contribution in [2.45, 2.75) is 16.7 Å². The first kappa shape index (κ1) is 13.2. The van der Waals surface area contributed by atoms with Crippen molar-refractivity contribution in [1.29, 1.82) is 0 Å². The molecule has 0 aliphatic heterocycles. The fraction of sp³-hybridized carbons (Fsp3) is 0.158. The molecule has 2 heteroatoms. The molecule has 0 saturated carbocycles. The first-order valence-electron chi connectivity index (χ1n) is 7.10. The van der Waals surface area contributed by atoms with Crippen LogP contribution in [0, 0.1) is 0 Å². The molecular weight excluding hydrogens is 299 g/mol. The van der Waals surface area contributed by atoms with Crippen molar-refractivity contribution >= 4 is 34.0 Å². The Bertz CT molecular complexity index is 824. The quantitative estimate of drug-likeness (QED) is 0.521. The van der Waals surface area contributed by atoms with Crippen LogP contribution in [0.2, 0.25) is 0 Å². The standard InChI is InChI=1S/C19H14Cl2/c20-18-12-15-7-3-4-8-17(15)19(18,21)16-10-9-13-5-1-2-6-14(13)11-16/h1-11,18H,12H2/t18-,19+/m0/s1. The molecule has 104 valence electrons. The van der Waals surface area contributed by atoms with E-state index in [1.165, 1.54) is 16.3 Å². The van der Waals surface area contributed by atoms with Crippen LogP contribution in [0.25, 0.3) is 10.8 Å². The summed E-state index contributed by atoms with van der Waals surface area (Å²) in [5.41, 5.74) is 3.47. The van der Waals surface area contributed by atoms with Gasteiger partial charge in [0.1, 0.15) is 4.87 Å². The number of fused-ring (bicyclic) bond motifs is 2. The lowest BCUT2D eigenvalue weighted by Gasteiger charge is -2.27. The maximum atomic E-state index is 7.05. The average molecular weight is 313 g/mol. The minimum absolute atomic E-state index is 0.127. The Kier molecular flexibility index (Phi) is 2.99. The highest BCUT2D eigenvalue weighted by molar-refractivity contribution is 6.35. The number of alkyl halides is 2. The van der Waals surface area contributed by atoms with E-state index in [1.54, 1.807) is 0 Å². The van der Waals surface area contributed by atoms with E-state index in [9.17, 15) is 0 Å². The molecule has 1 aliphatic rings. The Morgan fingerprint density at radius 1 is 0.857 bits per heavy atom. The number of rotatable bonds is 1. The van der Waals surface area contributed by atoms with E-state index >= 15 is 0 Å². The van der Waals surface area contributed by atoms with E-state index in [0.717, 1.165) is 17.5 Å². The largest absolute Gasteiger partial charge is 0.120 e. The highest BCUT2D eigenvalue weighted by Gasteiger charge is 2.45. The summed E-state index contributed by atoms with van der Waals surface area (Å²) in [6.07, 6.45) is 0.814. The zero-order valence-corrected chi connectivity index (χ0v) is 12.9. The van der Waals surface area contributed by atoms with Gasteiger partial charge in [0.25, 0.3) is 0 Å². The summed E-state index contributed by atoms with van der Waals surface area (Å²) < 4.78 is 0. The van der Waals surface area contributed by atoms with Crippen LogP contribution in [-0.2, 0) is 11.3 Å². The normalized spacial score (nSPS) is 24.2. The monoisotopic (exact) mass is 312 g/mol. The summed E-state index contributed by atoms with van der Waals surface area (Å²) >= 11 is 13.7. The maximum absolute atomic E-state index is 7.05. The summed E-state index contributed by atoms with van der Waals surface area (Å²) in [5.74, 6) is 0. The lowest BCUT2D eigenvalue weighted by Crippen LogP contribution is -2.27. The molecule has 2 atom stereocenters. The Morgan fingerprint density at radius 3 is 2.43 bits per heavy atom. The van der Waals surface area contributed by atoms with Gasteiger partial charge >= 0.3 is 0 Å². The first-order chi connectivity index (χ1) is 10.2. The molecule has 21 heavy (non-hydrogen) atoms. The molecule has 3 aromatic carbocycles. The molecule has 0 saturated heterocycles. The molecule has 4 rings (SSSR count). The molecule has 1 aliphatic carbocycles. The second kappa shape index (κ2) is 4.76. The van der Waals surface area contributed by atoms with Crippen molar-refractivity contribution in [2.75, 3.05) is 0 Å². The second-order valence-corrected chi connectivity index (χ2v) is 6.73. The van der Waals surface area contributed by atoms with Gasteiger partial charge < -0.3 is 0 Å². The van der Waals surface area contributed by atoms with Gasteiger partial charge in [-0.25, -0.2) is 0 Å². The summed E-state index contributed by atoms with van der Waals surface area (Å²) in [7, 11) is 0. The Morgan fingerprint density at radius 2 is 1.57 bits per heavy atom. The Balaban J connectivity index is 1.94. The number of hydrogen-bond donors (Lipinski definition) is 0. The topological polar surface area (TPSA) is 0 Å². The fourth-order valence-corrected chi connectivity index (χ4v) is 4.10. The van der Waals surface area contributed by atoms with Crippen LogP contribution in [0.15, 0.2) is 66.7 Å². The van der Waals surface area contributed by atoms with Gasteiger partial charge in [0.05, 0.1) is 5.38 Å².